The first-order valence-electron chi connectivity index (χ1n) is 6.81. The van der Waals surface area contributed by atoms with E-state index in [9.17, 15) is 4.79 Å². The second-order valence-electron chi connectivity index (χ2n) is 4.60. The molecule has 0 aromatic heterocycles. The van der Waals surface area contributed by atoms with E-state index in [0.29, 0.717) is 11.5 Å². The molecule has 0 saturated carbocycles. The number of nitrogens with one attached hydrogen (secondary N) is 1. The van der Waals surface area contributed by atoms with Crippen molar-refractivity contribution in [1.29, 1.82) is 0 Å². The predicted octanol–water partition coefficient (Wildman–Crippen LogP) is 3.61. The normalized spacial score (nSPS) is 10.1. The van der Waals surface area contributed by atoms with Crippen LogP contribution >= 0.6 is 11.8 Å². The number of rotatable bonds is 6. The van der Waals surface area contributed by atoms with Gasteiger partial charge in [0.25, 0.3) is 0 Å². The highest BCUT2D eigenvalue weighted by molar-refractivity contribution is 7.98. The van der Waals surface area contributed by atoms with Crippen molar-refractivity contribution in [2.45, 2.75) is 11.3 Å². The Morgan fingerprint density at radius 3 is 2.59 bits per heavy atom. The van der Waals surface area contributed by atoms with E-state index in [2.05, 4.69) is 5.32 Å². The van der Waals surface area contributed by atoms with E-state index in [-0.39, 0.29) is 12.3 Å². The average molecular weight is 317 g/mol. The van der Waals surface area contributed by atoms with Crippen LogP contribution in [-0.2, 0) is 11.2 Å². The largest absolute Gasteiger partial charge is 0.497 e. The maximum Gasteiger partial charge on any atom is 0.228 e. The second-order valence-corrected chi connectivity index (χ2v) is 5.45. The van der Waals surface area contributed by atoms with E-state index < -0.39 is 0 Å². The lowest BCUT2D eigenvalue weighted by atomic mass is 10.1. The number of methoxy groups -OCH3 is 2. The first kappa shape index (κ1) is 16.2. The minimum absolute atomic E-state index is 0.0898. The zero-order valence-electron chi connectivity index (χ0n) is 12.9. The molecule has 1 N–H and O–H groups in total. The summed E-state index contributed by atoms with van der Waals surface area (Å²) in [4.78, 5) is 13.3. The number of carbonyl (C=O) groups is 1. The Kier molecular flexibility index (Phi) is 5.72. The number of benzene rings is 2. The van der Waals surface area contributed by atoms with Crippen LogP contribution in [0.25, 0.3) is 0 Å². The molecule has 0 unspecified atom stereocenters. The molecule has 0 bridgehead atoms. The summed E-state index contributed by atoms with van der Waals surface area (Å²) in [5.74, 6) is 1.29. The van der Waals surface area contributed by atoms with Gasteiger partial charge in [-0.3, -0.25) is 4.79 Å². The molecule has 0 aliphatic heterocycles. The zero-order chi connectivity index (χ0) is 15.9. The summed E-state index contributed by atoms with van der Waals surface area (Å²) in [5, 5.41) is 2.94. The van der Waals surface area contributed by atoms with Gasteiger partial charge >= 0.3 is 0 Å². The second kappa shape index (κ2) is 7.75. The molecule has 2 aromatic rings. The van der Waals surface area contributed by atoms with Gasteiger partial charge in [0.2, 0.25) is 5.91 Å². The Morgan fingerprint density at radius 2 is 1.91 bits per heavy atom. The van der Waals surface area contributed by atoms with Gasteiger partial charge in [-0.1, -0.05) is 12.1 Å². The van der Waals surface area contributed by atoms with Gasteiger partial charge in [-0.15, -0.1) is 11.8 Å². The number of amides is 1. The van der Waals surface area contributed by atoms with Crippen LogP contribution in [-0.4, -0.2) is 26.4 Å². The van der Waals surface area contributed by atoms with E-state index in [1.165, 1.54) is 0 Å². The van der Waals surface area contributed by atoms with Crippen molar-refractivity contribution in [2.24, 2.45) is 0 Å². The van der Waals surface area contributed by atoms with Gasteiger partial charge in [0.1, 0.15) is 11.5 Å². The fourth-order valence-electron chi connectivity index (χ4n) is 2.14. The molecule has 0 atom stereocenters. The minimum Gasteiger partial charge on any atom is -0.497 e. The van der Waals surface area contributed by atoms with Crippen molar-refractivity contribution in [1.82, 2.24) is 0 Å². The lowest BCUT2D eigenvalue weighted by molar-refractivity contribution is -0.115. The van der Waals surface area contributed by atoms with Crippen LogP contribution in [0.4, 0.5) is 5.69 Å². The van der Waals surface area contributed by atoms with Gasteiger partial charge in [-0.05, 0) is 36.6 Å². The van der Waals surface area contributed by atoms with Gasteiger partial charge in [-0.25, -0.2) is 0 Å². The summed E-state index contributed by atoms with van der Waals surface area (Å²) in [6, 6.07) is 13.2. The van der Waals surface area contributed by atoms with Crippen molar-refractivity contribution in [3.8, 4) is 11.5 Å². The molecule has 5 heteroatoms. The standard InChI is InChI=1S/C17H19NO3S/c1-20-13-8-9-15(21-2)12(10-13)11-17(19)18-14-6-4-5-7-16(14)22-3/h4-10H,11H2,1-3H3,(H,18,19). The van der Waals surface area contributed by atoms with Crippen LogP contribution in [0.1, 0.15) is 5.56 Å². The zero-order valence-corrected chi connectivity index (χ0v) is 13.7. The summed E-state index contributed by atoms with van der Waals surface area (Å²) >= 11 is 1.60. The molecule has 0 saturated heterocycles. The molecule has 0 fully saturated rings. The Labute approximate surface area is 134 Å². The number of carbonyl (C=O) groups excluding carboxylic acids is 1. The Balaban J connectivity index is 2.15. The van der Waals surface area contributed by atoms with Gasteiger partial charge in [0.05, 0.1) is 26.3 Å². The van der Waals surface area contributed by atoms with Crippen LogP contribution in [0, 0.1) is 0 Å². The van der Waals surface area contributed by atoms with E-state index >= 15 is 0 Å². The molecule has 0 heterocycles. The maximum atomic E-state index is 12.3. The third-order valence-electron chi connectivity index (χ3n) is 3.22. The summed E-state index contributed by atoms with van der Waals surface area (Å²) < 4.78 is 10.5. The smallest absolute Gasteiger partial charge is 0.228 e. The molecule has 4 nitrogen and oxygen atoms in total. The molecule has 0 aliphatic carbocycles. The van der Waals surface area contributed by atoms with Crippen LogP contribution < -0.4 is 14.8 Å². The third kappa shape index (κ3) is 3.95. The van der Waals surface area contributed by atoms with Gasteiger partial charge < -0.3 is 14.8 Å². The van der Waals surface area contributed by atoms with Gasteiger partial charge in [0.15, 0.2) is 0 Å². The molecule has 0 radical (unpaired) electrons. The van der Waals surface area contributed by atoms with Crippen molar-refractivity contribution in [2.75, 3.05) is 25.8 Å². The van der Waals surface area contributed by atoms with Crippen LogP contribution in [0.15, 0.2) is 47.4 Å². The average Bonchev–Trinajstić information content (AvgIpc) is 2.55. The van der Waals surface area contributed by atoms with Crippen molar-refractivity contribution in [3.05, 3.63) is 48.0 Å². The molecular weight excluding hydrogens is 298 g/mol. The fraction of sp³-hybridized carbons (Fsp3) is 0.235. The number of ether oxygens (including phenoxy) is 2. The number of anilines is 1. The molecule has 2 rings (SSSR count). The van der Waals surface area contributed by atoms with Crippen LogP contribution in [0.3, 0.4) is 0 Å². The number of hydrogen-bond acceptors (Lipinski definition) is 4. The number of thioether (sulfide) groups is 1. The van der Waals surface area contributed by atoms with Gasteiger partial charge in [-0.2, -0.15) is 0 Å². The number of para-hydroxylation sites is 1. The fourth-order valence-corrected chi connectivity index (χ4v) is 2.69. The topological polar surface area (TPSA) is 47.6 Å². The molecule has 1 amide bonds. The van der Waals surface area contributed by atoms with E-state index in [1.807, 2.05) is 42.7 Å². The van der Waals surface area contributed by atoms with Crippen molar-refractivity contribution in [3.63, 3.8) is 0 Å². The SMILES string of the molecule is COc1ccc(OC)c(CC(=O)Nc2ccccc2SC)c1. The molecule has 0 spiro atoms. The summed E-state index contributed by atoms with van der Waals surface area (Å²) in [5.41, 5.74) is 1.61. The Hall–Kier alpha value is -2.14. The van der Waals surface area contributed by atoms with Crippen LogP contribution in [0.5, 0.6) is 11.5 Å². The van der Waals surface area contributed by atoms with Gasteiger partial charge in [0, 0.05) is 10.5 Å². The summed E-state index contributed by atoms with van der Waals surface area (Å²) in [6.45, 7) is 0. The first-order valence-corrected chi connectivity index (χ1v) is 8.04. The minimum atomic E-state index is -0.0898. The molecule has 22 heavy (non-hydrogen) atoms. The van der Waals surface area contributed by atoms with Crippen molar-refractivity contribution >= 4 is 23.4 Å². The lowest BCUT2D eigenvalue weighted by Gasteiger charge is -2.12. The number of hydrogen-bond donors (Lipinski definition) is 1. The molecule has 116 valence electrons. The quantitative estimate of drug-likeness (QED) is 0.827. The third-order valence-corrected chi connectivity index (χ3v) is 4.02. The first-order chi connectivity index (χ1) is 10.7. The molecular formula is C17H19NO3S. The Morgan fingerprint density at radius 1 is 1.14 bits per heavy atom. The Bertz CT molecular complexity index is 658. The van der Waals surface area contributed by atoms with E-state index in [0.717, 1.165) is 16.1 Å². The highest BCUT2D eigenvalue weighted by atomic mass is 32.2. The predicted molar refractivity (Wildman–Crippen MR) is 90.1 cm³/mol. The highest BCUT2D eigenvalue weighted by Gasteiger charge is 2.11. The monoisotopic (exact) mass is 317 g/mol. The molecule has 0 aliphatic rings. The highest BCUT2D eigenvalue weighted by Crippen LogP contribution is 2.27. The van der Waals surface area contributed by atoms with E-state index in [4.69, 9.17) is 9.47 Å². The maximum absolute atomic E-state index is 12.3. The summed E-state index contributed by atoms with van der Waals surface area (Å²) in [7, 11) is 3.19. The lowest BCUT2D eigenvalue weighted by Crippen LogP contribution is -2.15. The van der Waals surface area contributed by atoms with E-state index in [1.54, 1.807) is 32.0 Å². The molecule has 2 aromatic carbocycles. The van der Waals surface area contributed by atoms with Crippen LogP contribution in [0.2, 0.25) is 0 Å². The van der Waals surface area contributed by atoms with Crippen molar-refractivity contribution < 1.29 is 14.3 Å². The summed E-state index contributed by atoms with van der Waals surface area (Å²) in [6.07, 6.45) is 2.21.